The van der Waals surface area contributed by atoms with E-state index in [4.69, 9.17) is 15.2 Å². The van der Waals surface area contributed by atoms with Gasteiger partial charge in [0.1, 0.15) is 0 Å². The summed E-state index contributed by atoms with van der Waals surface area (Å²) >= 11 is 0. The number of nitrogens with two attached hydrogens (primary N) is 1. The maximum absolute atomic E-state index is 5.95. The fourth-order valence-corrected chi connectivity index (χ4v) is 2.30. The van der Waals surface area contributed by atoms with Crippen molar-refractivity contribution in [3.8, 4) is 0 Å². The second kappa shape index (κ2) is 6.55. The SMILES string of the molecule is COCCN(CC(C)C)C1(CN)CCOC1. The average Bonchev–Trinajstić information content (AvgIpc) is 2.73. The van der Waals surface area contributed by atoms with Crippen molar-refractivity contribution < 1.29 is 9.47 Å². The molecule has 0 amide bonds. The molecule has 0 bridgehead atoms. The van der Waals surface area contributed by atoms with E-state index in [0.29, 0.717) is 12.5 Å². The summed E-state index contributed by atoms with van der Waals surface area (Å²) in [6.07, 6.45) is 1.04. The normalized spacial score (nSPS) is 25.9. The monoisotopic (exact) mass is 230 g/mol. The number of nitrogens with zero attached hydrogens (tertiary/aromatic N) is 1. The van der Waals surface area contributed by atoms with E-state index in [-0.39, 0.29) is 5.54 Å². The fourth-order valence-electron chi connectivity index (χ4n) is 2.30. The topological polar surface area (TPSA) is 47.7 Å². The summed E-state index contributed by atoms with van der Waals surface area (Å²) in [5, 5.41) is 0. The number of ether oxygens (including phenoxy) is 2. The Hall–Kier alpha value is -0.160. The van der Waals surface area contributed by atoms with Gasteiger partial charge in [-0.2, -0.15) is 0 Å². The van der Waals surface area contributed by atoms with Crippen LogP contribution >= 0.6 is 0 Å². The van der Waals surface area contributed by atoms with E-state index in [0.717, 1.165) is 39.3 Å². The smallest absolute Gasteiger partial charge is 0.0663 e. The van der Waals surface area contributed by atoms with Gasteiger partial charge in [0.05, 0.1) is 18.8 Å². The molecule has 0 aliphatic carbocycles. The molecule has 4 nitrogen and oxygen atoms in total. The summed E-state index contributed by atoms with van der Waals surface area (Å²) in [6.45, 7) is 9.50. The quantitative estimate of drug-likeness (QED) is 0.700. The molecule has 1 fully saturated rings. The minimum Gasteiger partial charge on any atom is -0.383 e. The van der Waals surface area contributed by atoms with Crippen LogP contribution in [-0.2, 0) is 9.47 Å². The number of hydrogen-bond donors (Lipinski definition) is 1. The van der Waals surface area contributed by atoms with Gasteiger partial charge < -0.3 is 15.2 Å². The molecule has 1 atom stereocenters. The molecule has 1 saturated heterocycles. The van der Waals surface area contributed by atoms with E-state index in [9.17, 15) is 0 Å². The first-order valence-corrected chi connectivity index (χ1v) is 6.16. The third-order valence-electron chi connectivity index (χ3n) is 3.28. The van der Waals surface area contributed by atoms with Crippen LogP contribution in [0, 0.1) is 5.92 Å². The maximum atomic E-state index is 5.95. The molecule has 0 spiro atoms. The van der Waals surface area contributed by atoms with Gasteiger partial charge in [0.25, 0.3) is 0 Å². The fraction of sp³-hybridized carbons (Fsp3) is 1.00. The van der Waals surface area contributed by atoms with Gasteiger partial charge in [0.15, 0.2) is 0 Å². The average molecular weight is 230 g/mol. The van der Waals surface area contributed by atoms with Crippen LogP contribution < -0.4 is 5.73 Å². The van der Waals surface area contributed by atoms with Crippen LogP contribution in [0.4, 0.5) is 0 Å². The molecule has 0 aromatic carbocycles. The second-order valence-corrected chi connectivity index (χ2v) is 5.06. The lowest BCUT2D eigenvalue weighted by atomic mass is 9.95. The predicted molar refractivity (Wildman–Crippen MR) is 65.5 cm³/mol. The summed E-state index contributed by atoms with van der Waals surface area (Å²) < 4.78 is 10.7. The van der Waals surface area contributed by atoms with Gasteiger partial charge in [0, 0.05) is 33.4 Å². The third-order valence-corrected chi connectivity index (χ3v) is 3.28. The van der Waals surface area contributed by atoms with Gasteiger partial charge in [-0.15, -0.1) is 0 Å². The summed E-state index contributed by atoms with van der Waals surface area (Å²) in [6, 6.07) is 0. The van der Waals surface area contributed by atoms with Gasteiger partial charge in [-0.3, -0.25) is 4.90 Å². The van der Waals surface area contributed by atoms with Crippen molar-refractivity contribution in [1.82, 2.24) is 4.90 Å². The zero-order chi connectivity index (χ0) is 12.0. The Labute approximate surface area is 99.1 Å². The van der Waals surface area contributed by atoms with Crippen LogP contribution in [0.25, 0.3) is 0 Å². The molecular formula is C12H26N2O2. The summed E-state index contributed by atoms with van der Waals surface area (Å²) in [7, 11) is 1.74. The first-order chi connectivity index (χ1) is 7.64. The Morgan fingerprint density at radius 2 is 2.25 bits per heavy atom. The molecule has 0 radical (unpaired) electrons. The lowest BCUT2D eigenvalue weighted by molar-refractivity contribution is 0.0393. The van der Waals surface area contributed by atoms with Crippen molar-refractivity contribution in [3.63, 3.8) is 0 Å². The molecule has 0 saturated carbocycles. The molecule has 1 aliphatic rings. The van der Waals surface area contributed by atoms with Gasteiger partial charge in [0.2, 0.25) is 0 Å². The Morgan fingerprint density at radius 1 is 1.50 bits per heavy atom. The van der Waals surface area contributed by atoms with E-state index in [1.54, 1.807) is 7.11 Å². The van der Waals surface area contributed by atoms with E-state index in [1.165, 1.54) is 0 Å². The molecule has 0 aromatic rings. The third kappa shape index (κ3) is 3.42. The molecule has 1 unspecified atom stereocenters. The molecule has 1 heterocycles. The van der Waals surface area contributed by atoms with Crippen molar-refractivity contribution in [2.45, 2.75) is 25.8 Å². The zero-order valence-corrected chi connectivity index (χ0v) is 10.9. The van der Waals surface area contributed by atoms with Gasteiger partial charge in [-0.1, -0.05) is 13.8 Å². The van der Waals surface area contributed by atoms with Gasteiger partial charge >= 0.3 is 0 Å². The predicted octanol–water partition coefficient (Wildman–Crippen LogP) is 0.709. The van der Waals surface area contributed by atoms with E-state index in [2.05, 4.69) is 18.7 Å². The van der Waals surface area contributed by atoms with Crippen LogP contribution in [0.3, 0.4) is 0 Å². The molecule has 16 heavy (non-hydrogen) atoms. The van der Waals surface area contributed by atoms with Crippen molar-refractivity contribution in [2.24, 2.45) is 11.7 Å². The van der Waals surface area contributed by atoms with Crippen LogP contribution in [0.1, 0.15) is 20.3 Å². The minimum absolute atomic E-state index is 0.0444. The van der Waals surface area contributed by atoms with Crippen LogP contribution in [0.2, 0.25) is 0 Å². The Balaban J connectivity index is 2.63. The molecule has 4 heteroatoms. The van der Waals surface area contributed by atoms with Crippen molar-refractivity contribution in [2.75, 3.05) is 46.6 Å². The van der Waals surface area contributed by atoms with Crippen molar-refractivity contribution >= 4 is 0 Å². The molecular weight excluding hydrogens is 204 g/mol. The Kier molecular flexibility index (Phi) is 5.69. The highest BCUT2D eigenvalue weighted by Crippen LogP contribution is 2.26. The zero-order valence-electron chi connectivity index (χ0n) is 10.9. The lowest BCUT2D eigenvalue weighted by Gasteiger charge is -2.40. The molecule has 1 rings (SSSR count). The first-order valence-electron chi connectivity index (χ1n) is 6.16. The van der Waals surface area contributed by atoms with E-state index < -0.39 is 0 Å². The Morgan fingerprint density at radius 3 is 2.69 bits per heavy atom. The maximum Gasteiger partial charge on any atom is 0.0663 e. The van der Waals surface area contributed by atoms with Crippen LogP contribution in [-0.4, -0.2) is 57.0 Å². The van der Waals surface area contributed by atoms with Gasteiger partial charge in [-0.25, -0.2) is 0 Å². The highest BCUT2D eigenvalue weighted by atomic mass is 16.5. The van der Waals surface area contributed by atoms with Gasteiger partial charge in [-0.05, 0) is 12.3 Å². The first kappa shape index (κ1) is 13.9. The molecule has 96 valence electrons. The number of rotatable bonds is 7. The summed E-state index contributed by atoms with van der Waals surface area (Å²) in [4.78, 5) is 2.45. The standard InChI is InChI=1S/C12H26N2O2/c1-11(2)8-14(5-7-15-3)12(9-13)4-6-16-10-12/h11H,4-10,13H2,1-3H3. The molecule has 1 aliphatic heterocycles. The van der Waals surface area contributed by atoms with E-state index >= 15 is 0 Å². The summed E-state index contributed by atoms with van der Waals surface area (Å²) in [5.41, 5.74) is 6.00. The molecule has 2 N–H and O–H groups in total. The minimum atomic E-state index is 0.0444. The van der Waals surface area contributed by atoms with Crippen LogP contribution in [0.5, 0.6) is 0 Å². The number of hydrogen-bond acceptors (Lipinski definition) is 4. The van der Waals surface area contributed by atoms with Crippen molar-refractivity contribution in [3.05, 3.63) is 0 Å². The number of methoxy groups -OCH3 is 1. The van der Waals surface area contributed by atoms with Crippen molar-refractivity contribution in [1.29, 1.82) is 0 Å². The lowest BCUT2D eigenvalue weighted by Crippen LogP contribution is -2.56. The van der Waals surface area contributed by atoms with Crippen LogP contribution in [0.15, 0.2) is 0 Å². The van der Waals surface area contributed by atoms with E-state index in [1.807, 2.05) is 0 Å². The summed E-state index contributed by atoms with van der Waals surface area (Å²) in [5.74, 6) is 0.640. The highest BCUT2D eigenvalue weighted by molar-refractivity contribution is 4.95. The second-order valence-electron chi connectivity index (χ2n) is 5.06. The molecule has 0 aromatic heterocycles. The highest BCUT2D eigenvalue weighted by Gasteiger charge is 2.39. The Bertz CT molecular complexity index is 191. The largest absolute Gasteiger partial charge is 0.383 e.